The van der Waals surface area contributed by atoms with Crippen molar-refractivity contribution < 1.29 is 8.42 Å². The molecule has 0 amide bonds. The lowest BCUT2D eigenvalue weighted by Gasteiger charge is -2.34. The van der Waals surface area contributed by atoms with E-state index in [0.29, 0.717) is 6.54 Å². The molecule has 1 aliphatic heterocycles. The molecule has 1 aliphatic rings. The van der Waals surface area contributed by atoms with E-state index in [9.17, 15) is 8.42 Å². The summed E-state index contributed by atoms with van der Waals surface area (Å²) in [7, 11) is -2.11. The van der Waals surface area contributed by atoms with Crippen LogP contribution in [-0.2, 0) is 21.2 Å². The lowest BCUT2D eigenvalue weighted by Crippen LogP contribution is -2.49. The lowest BCUT2D eigenvalue weighted by molar-refractivity contribution is 0.528. The summed E-state index contributed by atoms with van der Waals surface area (Å²) >= 11 is 0. The third-order valence-corrected chi connectivity index (χ3v) is 6.42. The normalized spacial score (nSPS) is 21.9. The van der Waals surface area contributed by atoms with Gasteiger partial charge in [0.15, 0.2) is 0 Å². The van der Waals surface area contributed by atoms with Gasteiger partial charge in [0, 0.05) is 6.54 Å². The smallest absolute Gasteiger partial charge is 0.226 e. The van der Waals surface area contributed by atoms with Crippen molar-refractivity contribution in [2.45, 2.75) is 11.2 Å². The Hall–Kier alpha value is -1.69. The summed E-state index contributed by atoms with van der Waals surface area (Å²) in [5.74, 6) is 0. The van der Waals surface area contributed by atoms with E-state index in [1.807, 2.05) is 54.6 Å². The van der Waals surface area contributed by atoms with Gasteiger partial charge in [0.2, 0.25) is 10.0 Å². The van der Waals surface area contributed by atoms with Crippen LogP contribution in [0.5, 0.6) is 0 Å². The fourth-order valence-electron chi connectivity index (χ4n) is 3.25. The SMILES string of the molecule is CNS(=O)(=O)C1(c2ccccc2)CNCCc2ccccc21. The maximum absolute atomic E-state index is 13.0. The predicted octanol–water partition coefficient (Wildman–Crippen LogP) is 1.63. The van der Waals surface area contributed by atoms with Gasteiger partial charge in [-0.1, -0.05) is 54.6 Å². The van der Waals surface area contributed by atoms with Gasteiger partial charge in [0.05, 0.1) is 0 Å². The zero-order chi connectivity index (χ0) is 15.6. The van der Waals surface area contributed by atoms with Gasteiger partial charge >= 0.3 is 0 Å². The summed E-state index contributed by atoms with van der Waals surface area (Å²) in [5, 5.41) is 3.30. The van der Waals surface area contributed by atoms with Crippen LogP contribution in [-0.4, -0.2) is 28.6 Å². The van der Waals surface area contributed by atoms with E-state index in [2.05, 4.69) is 10.0 Å². The number of sulfonamides is 1. The molecule has 3 rings (SSSR count). The Labute approximate surface area is 131 Å². The standard InChI is InChI=1S/C17H20N2O2S/c1-18-22(20,21)17(15-8-3-2-4-9-15)13-19-12-11-14-7-5-6-10-16(14)17/h2-10,18-19H,11-13H2,1H3. The number of nitrogens with one attached hydrogen (secondary N) is 2. The summed E-state index contributed by atoms with van der Waals surface area (Å²) in [4.78, 5) is 0. The monoisotopic (exact) mass is 316 g/mol. The first-order valence-electron chi connectivity index (χ1n) is 7.39. The van der Waals surface area contributed by atoms with E-state index in [0.717, 1.165) is 29.7 Å². The molecule has 0 fully saturated rings. The second-order valence-electron chi connectivity index (χ2n) is 5.48. The molecule has 0 bridgehead atoms. The molecule has 1 unspecified atom stereocenters. The Bertz CT molecular complexity index is 759. The molecule has 0 spiro atoms. The van der Waals surface area contributed by atoms with Gasteiger partial charge in [-0.05, 0) is 36.7 Å². The maximum Gasteiger partial charge on any atom is 0.226 e. The Kier molecular flexibility index (Phi) is 4.04. The van der Waals surface area contributed by atoms with Crippen molar-refractivity contribution in [2.24, 2.45) is 0 Å². The van der Waals surface area contributed by atoms with Gasteiger partial charge in [-0.25, -0.2) is 13.1 Å². The summed E-state index contributed by atoms with van der Waals surface area (Å²) in [5.41, 5.74) is 2.72. The van der Waals surface area contributed by atoms with Crippen LogP contribution in [0.2, 0.25) is 0 Å². The highest BCUT2D eigenvalue weighted by atomic mass is 32.2. The molecule has 2 aromatic rings. The van der Waals surface area contributed by atoms with Crippen LogP contribution >= 0.6 is 0 Å². The van der Waals surface area contributed by atoms with E-state index in [-0.39, 0.29) is 0 Å². The summed E-state index contributed by atoms with van der Waals surface area (Å²) in [6.45, 7) is 1.13. The van der Waals surface area contributed by atoms with Crippen molar-refractivity contribution in [3.63, 3.8) is 0 Å². The first-order chi connectivity index (χ1) is 10.6. The Morgan fingerprint density at radius 3 is 2.45 bits per heavy atom. The summed E-state index contributed by atoms with van der Waals surface area (Å²) in [6, 6.07) is 17.3. The number of benzene rings is 2. The van der Waals surface area contributed by atoms with Crippen LogP contribution in [0.4, 0.5) is 0 Å². The van der Waals surface area contributed by atoms with E-state index in [1.165, 1.54) is 7.05 Å². The fraction of sp³-hybridized carbons (Fsp3) is 0.294. The Morgan fingerprint density at radius 1 is 1.05 bits per heavy atom. The van der Waals surface area contributed by atoms with Crippen molar-refractivity contribution in [3.05, 3.63) is 71.3 Å². The molecule has 1 heterocycles. The summed E-state index contributed by atoms with van der Waals surface area (Å²) in [6.07, 6.45) is 0.823. The quantitative estimate of drug-likeness (QED) is 0.905. The van der Waals surface area contributed by atoms with E-state index in [4.69, 9.17) is 0 Å². The predicted molar refractivity (Wildman–Crippen MR) is 88.2 cm³/mol. The molecule has 116 valence electrons. The molecule has 0 radical (unpaired) electrons. The minimum Gasteiger partial charge on any atom is -0.314 e. The second kappa shape index (κ2) is 5.83. The van der Waals surface area contributed by atoms with Gasteiger partial charge in [-0.15, -0.1) is 0 Å². The Morgan fingerprint density at radius 2 is 1.73 bits per heavy atom. The molecule has 22 heavy (non-hydrogen) atoms. The number of fused-ring (bicyclic) bond motifs is 1. The van der Waals surface area contributed by atoms with Gasteiger partial charge < -0.3 is 5.32 Å². The van der Waals surface area contributed by atoms with Gasteiger partial charge in [-0.2, -0.15) is 0 Å². The molecule has 4 nitrogen and oxygen atoms in total. The average molecular weight is 316 g/mol. The molecule has 1 atom stereocenters. The zero-order valence-electron chi connectivity index (χ0n) is 12.5. The van der Waals surface area contributed by atoms with Crippen molar-refractivity contribution in [1.29, 1.82) is 0 Å². The highest BCUT2D eigenvalue weighted by molar-refractivity contribution is 7.90. The van der Waals surface area contributed by atoms with Crippen molar-refractivity contribution in [1.82, 2.24) is 10.0 Å². The van der Waals surface area contributed by atoms with Gasteiger partial charge in [0.1, 0.15) is 4.75 Å². The van der Waals surface area contributed by atoms with E-state index in [1.54, 1.807) is 0 Å². The Balaban J connectivity index is 2.37. The molecule has 2 aromatic carbocycles. The maximum atomic E-state index is 13.0. The highest BCUT2D eigenvalue weighted by Crippen LogP contribution is 2.39. The van der Waals surface area contributed by atoms with E-state index >= 15 is 0 Å². The molecule has 5 heteroatoms. The van der Waals surface area contributed by atoms with Crippen molar-refractivity contribution in [2.75, 3.05) is 20.1 Å². The fourth-order valence-corrected chi connectivity index (χ4v) is 4.82. The third-order valence-electron chi connectivity index (χ3n) is 4.37. The van der Waals surface area contributed by atoms with Crippen LogP contribution in [0.3, 0.4) is 0 Å². The number of rotatable bonds is 3. The highest BCUT2D eigenvalue weighted by Gasteiger charge is 2.48. The second-order valence-corrected chi connectivity index (χ2v) is 7.60. The van der Waals surface area contributed by atoms with Crippen LogP contribution in [0.15, 0.2) is 54.6 Å². The third kappa shape index (κ3) is 2.26. The molecule has 0 saturated heterocycles. The molecule has 0 aromatic heterocycles. The van der Waals surface area contributed by atoms with Gasteiger partial charge in [-0.3, -0.25) is 0 Å². The van der Waals surface area contributed by atoms with Crippen molar-refractivity contribution in [3.8, 4) is 0 Å². The molecular weight excluding hydrogens is 296 g/mol. The van der Waals surface area contributed by atoms with Crippen LogP contribution in [0, 0.1) is 0 Å². The van der Waals surface area contributed by atoms with E-state index < -0.39 is 14.8 Å². The number of hydrogen-bond acceptors (Lipinski definition) is 3. The molecule has 0 aliphatic carbocycles. The minimum atomic E-state index is -3.59. The first-order valence-corrected chi connectivity index (χ1v) is 8.88. The number of hydrogen-bond donors (Lipinski definition) is 2. The zero-order valence-corrected chi connectivity index (χ0v) is 13.4. The molecular formula is C17H20N2O2S. The summed E-state index contributed by atoms with van der Waals surface area (Å²) < 4.78 is 27.5. The minimum absolute atomic E-state index is 0.358. The van der Waals surface area contributed by atoms with Crippen molar-refractivity contribution >= 4 is 10.0 Å². The largest absolute Gasteiger partial charge is 0.314 e. The van der Waals surface area contributed by atoms with Crippen LogP contribution in [0.1, 0.15) is 16.7 Å². The van der Waals surface area contributed by atoms with Crippen LogP contribution in [0.25, 0.3) is 0 Å². The topological polar surface area (TPSA) is 58.2 Å². The van der Waals surface area contributed by atoms with Crippen LogP contribution < -0.4 is 10.0 Å². The average Bonchev–Trinajstić information content (AvgIpc) is 2.76. The lowest BCUT2D eigenvalue weighted by atomic mass is 9.87. The molecule has 2 N–H and O–H groups in total. The molecule has 0 saturated carbocycles. The first kappa shape index (κ1) is 15.2. The van der Waals surface area contributed by atoms with Gasteiger partial charge in [0.25, 0.3) is 0 Å².